The highest BCUT2D eigenvalue weighted by Gasteiger charge is 2.40. The van der Waals surface area contributed by atoms with Gasteiger partial charge in [0.25, 0.3) is 0 Å². The van der Waals surface area contributed by atoms with Gasteiger partial charge in [-0.15, -0.1) is 0 Å². The van der Waals surface area contributed by atoms with Crippen LogP contribution in [0.1, 0.15) is 36.3 Å². The summed E-state index contributed by atoms with van der Waals surface area (Å²) >= 11 is 11.4. The molecule has 1 aromatic carbocycles. The number of nitrogens with zero attached hydrogens (tertiary/aromatic N) is 1. The summed E-state index contributed by atoms with van der Waals surface area (Å²) in [6, 6.07) is 7.33. The van der Waals surface area contributed by atoms with Crippen molar-refractivity contribution >= 4 is 40.5 Å². The van der Waals surface area contributed by atoms with E-state index in [4.69, 9.17) is 33.3 Å². The second-order valence-corrected chi connectivity index (χ2v) is 7.05. The largest absolute Gasteiger partial charge is 0.466 e. The third-order valence-corrected chi connectivity index (χ3v) is 4.79. The minimum atomic E-state index is -4.70. The van der Waals surface area contributed by atoms with Gasteiger partial charge >= 0.3 is 12.1 Å². The van der Waals surface area contributed by atoms with Crippen LogP contribution in [0.3, 0.4) is 0 Å². The Balaban J connectivity index is 2.11. The van der Waals surface area contributed by atoms with Crippen LogP contribution in [0.15, 0.2) is 36.5 Å². The SMILES string of the molecule is CCOC(=O)C[C@H]1O[C@H](c2cccnc2C(F)(F)F)c2cc(Cl)ccc2NC1=S. The Kier molecular flexibility index (Phi) is 6.40. The van der Waals surface area contributed by atoms with E-state index in [9.17, 15) is 18.0 Å². The van der Waals surface area contributed by atoms with Gasteiger partial charge in [0, 0.05) is 28.0 Å². The Morgan fingerprint density at radius 2 is 2.10 bits per heavy atom. The van der Waals surface area contributed by atoms with Gasteiger partial charge in [0.2, 0.25) is 0 Å². The van der Waals surface area contributed by atoms with Crippen LogP contribution >= 0.6 is 23.8 Å². The average molecular weight is 445 g/mol. The highest BCUT2D eigenvalue weighted by molar-refractivity contribution is 7.80. The first-order chi connectivity index (χ1) is 13.7. The predicted octanol–water partition coefficient (Wildman–Crippen LogP) is 4.93. The molecule has 0 spiro atoms. The number of esters is 1. The number of benzene rings is 1. The van der Waals surface area contributed by atoms with Crippen molar-refractivity contribution in [2.24, 2.45) is 0 Å². The van der Waals surface area contributed by atoms with Crippen LogP contribution in [-0.4, -0.2) is 28.7 Å². The van der Waals surface area contributed by atoms with E-state index >= 15 is 0 Å². The van der Waals surface area contributed by atoms with Crippen LogP contribution < -0.4 is 5.32 Å². The summed E-state index contributed by atoms with van der Waals surface area (Å²) in [5.74, 6) is -0.577. The highest BCUT2D eigenvalue weighted by atomic mass is 35.5. The quantitative estimate of drug-likeness (QED) is 0.532. The maximum atomic E-state index is 13.6. The molecule has 0 bridgehead atoms. The Labute approximate surface area is 175 Å². The zero-order valence-electron chi connectivity index (χ0n) is 15.1. The maximum Gasteiger partial charge on any atom is 0.433 e. The molecule has 3 rings (SSSR count). The molecule has 0 aliphatic carbocycles. The monoisotopic (exact) mass is 444 g/mol. The second kappa shape index (κ2) is 8.64. The number of thiocarbonyl (C=S) groups is 1. The van der Waals surface area contributed by atoms with E-state index < -0.39 is 30.0 Å². The van der Waals surface area contributed by atoms with Crippen molar-refractivity contribution in [3.8, 4) is 0 Å². The number of anilines is 1. The number of hydrogen-bond acceptors (Lipinski definition) is 5. The molecule has 2 atom stereocenters. The number of pyridine rings is 1. The van der Waals surface area contributed by atoms with E-state index in [0.29, 0.717) is 16.3 Å². The topological polar surface area (TPSA) is 60.5 Å². The van der Waals surface area contributed by atoms with Gasteiger partial charge in [-0.25, -0.2) is 0 Å². The van der Waals surface area contributed by atoms with Gasteiger partial charge in [0.05, 0.1) is 13.0 Å². The van der Waals surface area contributed by atoms with Crippen molar-refractivity contribution in [2.75, 3.05) is 11.9 Å². The summed E-state index contributed by atoms with van der Waals surface area (Å²) in [5, 5.41) is 3.25. The van der Waals surface area contributed by atoms with Crippen molar-refractivity contribution in [3.05, 3.63) is 58.4 Å². The lowest BCUT2D eigenvalue weighted by Gasteiger charge is -2.24. The Hall–Kier alpha value is -2.23. The number of carbonyl (C=O) groups excluding carboxylic acids is 1. The Bertz CT molecular complexity index is 939. The lowest BCUT2D eigenvalue weighted by Crippen LogP contribution is -2.31. The van der Waals surface area contributed by atoms with Gasteiger partial charge in [-0.2, -0.15) is 13.2 Å². The molecule has 1 aliphatic rings. The number of halogens is 4. The summed E-state index contributed by atoms with van der Waals surface area (Å²) in [7, 11) is 0. The minimum absolute atomic E-state index is 0.154. The van der Waals surface area contributed by atoms with Gasteiger partial charge in [0.1, 0.15) is 17.2 Å². The molecule has 0 fully saturated rings. The fourth-order valence-electron chi connectivity index (χ4n) is 3.00. The van der Waals surface area contributed by atoms with Crippen molar-refractivity contribution in [3.63, 3.8) is 0 Å². The highest BCUT2D eigenvalue weighted by Crippen LogP contribution is 2.42. The van der Waals surface area contributed by atoms with Gasteiger partial charge in [-0.3, -0.25) is 9.78 Å². The summed E-state index contributed by atoms with van der Waals surface area (Å²) in [4.78, 5) is 15.6. The zero-order valence-corrected chi connectivity index (χ0v) is 16.7. The summed E-state index contributed by atoms with van der Waals surface area (Å²) in [6.07, 6.45) is -6.10. The standard InChI is InChI=1S/C19H16ClF3N2O3S/c1-2-27-15(26)9-14-18(29)25-13-6-5-10(20)8-12(13)16(28-14)11-4-3-7-24-17(11)19(21,22)23/h3-8,14,16H,2,9H2,1H3,(H,25,29)/t14-,16-/m1/s1. The number of rotatable bonds is 4. The molecule has 154 valence electrons. The maximum absolute atomic E-state index is 13.6. The number of carbonyl (C=O) groups is 1. The average Bonchev–Trinajstić information content (AvgIpc) is 2.78. The minimum Gasteiger partial charge on any atom is -0.466 e. The summed E-state index contributed by atoms with van der Waals surface area (Å²) in [5.41, 5.74) is -0.500. The van der Waals surface area contributed by atoms with E-state index in [2.05, 4.69) is 10.3 Å². The van der Waals surface area contributed by atoms with Crippen molar-refractivity contribution in [2.45, 2.75) is 31.7 Å². The number of ether oxygens (including phenoxy) is 2. The zero-order chi connectivity index (χ0) is 21.2. The lowest BCUT2D eigenvalue weighted by atomic mass is 9.98. The van der Waals surface area contributed by atoms with Crippen LogP contribution in [0.25, 0.3) is 0 Å². The molecular formula is C19H16ClF3N2O3S. The van der Waals surface area contributed by atoms with E-state index in [-0.39, 0.29) is 23.6 Å². The molecule has 1 aromatic heterocycles. The van der Waals surface area contributed by atoms with Crippen molar-refractivity contribution in [1.82, 2.24) is 4.98 Å². The van der Waals surface area contributed by atoms with E-state index in [1.165, 1.54) is 18.2 Å². The number of hydrogen-bond donors (Lipinski definition) is 1. The molecule has 5 nitrogen and oxygen atoms in total. The van der Waals surface area contributed by atoms with Crippen molar-refractivity contribution in [1.29, 1.82) is 0 Å². The van der Waals surface area contributed by atoms with Crippen LogP contribution in [-0.2, 0) is 20.4 Å². The molecule has 2 heterocycles. The molecule has 0 radical (unpaired) electrons. The molecule has 29 heavy (non-hydrogen) atoms. The molecule has 1 aliphatic heterocycles. The number of aromatic nitrogens is 1. The molecule has 1 N–H and O–H groups in total. The van der Waals surface area contributed by atoms with E-state index in [1.807, 2.05) is 0 Å². The van der Waals surface area contributed by atoms with Crippen LogP contribution in [0.5, 0.6) is 0 Å². The van der Waals surface area contributed by atoms with E-state index in [0.717, 1.165) is 6.20 Å². The molecule has 0 saturated carbocycles. The first kappa shape index (κ1) is 21.5. The third-order valence-electron chi connectivity index (χ3n) is 4.19. The van der Waals surface area contributed by atoms with Gasteiger partial charge in [-0.05, 0) is 31.2 Å². The first-order valence-electron chi connectivity index (χ1n) is 8.64. The van der Waals surface area contributed by atoms with Crippen molar-refractivity contribution < 1.29 is 27.4 Å². The summed E-state index contributed by atoms with van der Waals surface area (Å²) < 4.78 is 51.6. The third kappa shape index (κ3) is 4.85. The molecule has 0 amide bonds. The van der Waals surface area contributed by atoms with Crippen LogP contribution in [0.4, 0.5) is 18.9 Å². The van der Waals surface area contributed by atoms with E-state index in [1.54, 1.807) is 19.1 Å². The fraction of sp³-hybridized carbons (Fsp3) is 0.316. The molecule has 0 unspecified atom stereocenters. The van der Waals surface area contributed by atoms with Crippen LogP contribution in [0, 0.1) is 0 Å². The normalized spacial score (nSPS) is 19.1. The van der Waals surface area contributed by atoms with Gasteiger partial charge in [-0.1, -0.05) is 29.9 Å². The van der Waals surface area contributed by atoms with Gasteiger partial charge < -0.3 is 14.8 Å². The smallest absolute Gasteiger partial charge is 0.433 e. The number of alkyl halides is 3. The van der Waals surface area contributed by atoms with Gasteiger partial charge in [0.15, 0.2) is 5.69 Å². The lowest BCUT2D eigenvalue weighted by molar-refractivity contribution is -0.147. The number of fused-ring (bicyclic) bond motifs is 1. The number of nitrogens with one attached hydrogen (secondary N) is 1. The Morgan fingerprint density at radius 3 is 2.79 bits per heavy atom. The molecular weight excluding hydrogens is 429 g/mol. The molecule has 0 saturated heterocycles. The second-order valence-electron chi connectivity index (χ2n) is 6.17. The Morgan fingerprint density at radius 1 is 1.34 bits per heavy atom. The van der Waals surface area contributed by atoms with Crippen LogP contribution in [0.2, 0.25) is 5.02 Å². The molecule has 10 heteroatoms. The fourth-order valence-corrected chi connectivity index (χ4v) is 3.43. The summed E-state index contributed by atoms with van der Waals surface area (Å²) in [6.45, 7) is 1.81. The molecule has 2 aromatic rings. The first-order valence-corrected chi connectivity index (χ1v) is 9.42. The predicted molar refractivity (Wildman–Crippen MR) is 105 cm³/mol.